The molecule has 120 valence electrons. The molecular formula is C19H22N2O2. The van der Waals surface area contributed by atoms with Crippen LogP contribution in [-0.4, -0.2) is 18.7 Å². The topological polar surface area (TPSA) is 46.3 Å². The summed E-state index contributed by atoms with van der Waals surface area (Å²) in [5.74, 6) is 1.56. The van der Waals surface area contributed by atoms with Crippen LogP contribution in [0.3, 0.4) is 0 Å². The largest absolute Gasteiger partial charge is 0.493 e. The average molecular weight is 310 g/mol. The van der Waals surface area contributed by atoms with Crippen LogP contribution in [0.4, 0.5) is 0 Å². The standard InChI is InChI=1S/C19H22N2O2/c1-3-23-18-8-7-14(11-19(18)22-2)12-20-13-15-5-4-6-17-16(15)9-10-21-17/h4-11,20-21H,3,12-13H2,1-2H3. The molecule has 0 saturated heterocycles. The van der Waals surface area contributed by atoms with Gasteiger partial charge in [0.2, 0.25) is 0 Å². The molecule has 0 unspecified atom stereocenters. The van der Waals surface area contributed by atoms with E-state index in [4.69, 9.17) is 9.47 Å². The SMILES string of the molecule is CCOc1ccc(CNCc2cccc3[nH]ccc23)cc1OC. The van der Waals surface area contributed by atoms with Crippen molar-refractivity contribution in [2.45, 2.75) is 20.0 Å². The Morgan fingerprint density at radius 3 is 2.78 bits per heavy atom. The van der Waals surface area contributed by atoms with E-state index in [0.717, 1.165) is 24.6 Å². The second-order valence-electron chi connectivity index (χ2n) is 5.38. The molecule has 0 bridgehead atoms. The highest BCUT2D eigenvalue weighted by atomic mass is 16.5. The lowest BCUT2D eigenvalue weighted by Crippen LogP contribution is -2.13. The van der Waals surface area contributed by atoms with Gasteiger partial charge in [-0.2, -0.15) is 0 Å². The molecule has 0 saturated carbocycles. The van der Waals surface area contributed by atoms with Gasteiger partial charge >= 0.3 is 0 Å². The Bertz CT molecular complexity index is 780. The van der Waals surface area contributed by atoms with Gasteiger partial charge in [-0.1, -0.05) is 18.2 Å². The summed E-state index contributed by atoms with van der Waals surface area (Å²) in [6.07, 6.45) is 1.98. The van der Waals surface area contributed by atoms with E-state index < -0.39 is 0 Å². The Kier molecular flexibility index (Phi) is 4.83. The summed E-state index contributed by atoms with van der Waals surface area (Å²) in [5, 5.41) is 4.76. The van der Waals surface area contributed by atoms with Crippen LogP contribution in [-0.2, 0) is 13.1 Å². The van der Waals surface area contributed by atoms with Gasteiger partial charge in [0.15, 0.2) is 11.5 Å². The highest BCUT2D eigenvalue weighted by Crippen LogP contribution is 2.28. The summed E-state index contributed by atoms with van der Waals surface area (Å²) in [4.78, 5) is 3.24. The van der Waals surface area contributed by atoms with Crippen LogP contribution in [0, 0.1) is 0 Å². The predicted octanol–water partition coefficient (Wildman–Crippen LogP) is 3.87. The number of benzene rings is 2. The van der Waals surface area contributed by atoms with E-state index in [-0.39, 0.29) is 0 Å². The lowest BCUT2D eigenvalue weighted by molar-refractivity contribution is 0.310. The Morgan fingerprint density at radius 1 is 1.04 bits per heavy atom. The van der Waals surface area contributed by atoms with Gasteiger partial charge in [-0.15, -0.1) is 0 Å². The van der Waals surface area contributed by atoms with Crippen LogP contribution in [0.1, 0.15) is 18.1 Å². The molecule has 1 aromatic heterocycles. The minimum Gasteiger partial charge on any atom is -0.493 e. The molecule has 0 amide bonds. The van der Waals surface area contributed by atoms with E-state index in [2.05, 4.69) is 40.6 Å². The molecule has 3 aromatic rings. The molecule has 4 heteroatoms. The molecular weight excluding hydrogens is 288 g/mol. The zero-order valence-corrected chi connectivity index (χ0v) is 13.6. The Hall–Kier alpha value is -2.46. The van der Waals surface area contributed by atoms with E-state index in [0.29, 0.717) is 6.61 Å². The number of methoxy groups -OCH3 is 1. The summed E-state index contributed by atoms with van der Waals surface area (Å²) < 4.78 is 10.9. The molecule has 0 aliphatic carbocycles. The zero-order valence-electron chi connectivity index (χ0n) is 13.6. The first kappa shape index (κ1) is 15.4. The number of hydrogen-bond donors (Lipinski definition) is 2. The van der Waals surface area contributed by atoms with E-state index >= 15 is 0 Å². The maximum atomic E-state index is 5.55. The minimum atomic E-state index is 0.634. The molecule has 1 heterocycles. The fraction of sp³-hybridized carbons (Fsp3) is 0.263. The number of nitrogens with one attached hydrogen (secondary N) is 2. The lowest BCUT2D eigenvalue weighted by atomic mass is 10.1. The van der Waals surface area contributed by atoms with E-state index in [1.54, 1.807) is 7.11 Å². The van der Waals surface area contributed by atoms with E-state index in [1.165, 1.54) is 22.0 Å². The molecule has 0 atom stereocenters. The summed E-state index contributed by atoms with van der Waals surface area (Å²) in [7, 11) is 1.67. The van der Waals surface area contributed by atoms with Crippen LogP contribution in [0.15, 0.2) is 48.7 Å². The van der Waals surface area contributed by atoms with Gasteiger partial charge in [-0.3, -0.25) is 0 Å². The normalized spacial score (nSPS) is 10.9. The molecule has 0 aliphatic rings. The number of fused-ring (bicyclic) bond motifs is 1. The Labute approximate surface area is 136 Å². The number of aromatic nitrogens is 1. The van der Waals surface area contributed by atoms with Crippen molar-refractivity contribution in [3.63, 3.8) is 0 Å². The monoisotopic (exact) mass is 310 g/mol. The van der Waals surface area contributed by atoms with Crippen molar-refractivity contribution in [3.8, 4) is 11.5 Å². The highest BCUT2D eigenvalue weighted by molar-refractivity contribution is 5.82. The average Bonchev–Trinajstić information content (AvgIpc) is 3.06. The van der Waals surface area contributed by atoms with Crippen LogP contribution in [0.5, 0.6) is 11.5 Å². The molecule has 2 aromatic carbocycles. The van der Waals surface area contributed by atoms with Gasteiger partial charge in [-0.25, -0.2) is 0 Å². The smallest absolute Gasteiger partial charge is 0.161 e. The van der Waals surface area contributed by atoms with E-state index in [1.807, 2.05) is 25.3 Å². The highest BCUT2D eigenvalue weighted by Gasteiger charge is 2.06. The number of H-pyrrole nitrogens is 1. The van der Waals surface area contributed by atoms with Gasteiger partial charge in [-0.05, 0) is 42.3 Å². The number of aromatic amines is 1. The third-order valence-corrected chi connectivity index (χ3v) is 3.86. The van der Waals surface area contributed by atoms with Gasteiger partial charge in [0.05, 0.1) is 13.7 Å². The van der Waals surface area contributed by atoms with Gasteiger partial charge in [0.25, 0.3) is 0 Å². The van der Waals surface area contributed by atoms with Crippen molar-refractivity contribution in [2.75, 3.05) is 13.7 Å². The summed E-state index contributed by atoms with van der Waals surface area (Å²) in [6.45, 7) is 4.21. The molecule has 2 N–H and O–H groups in total. The van der Waals surface area contributed by atoms with Crippen molar-refractivity contribution in [3.05, 3.63) is 59.8 Å². The van der Waals surface area contributed by atoms with Crippen molar-refractivity contribution < 1.29 is 9.47 Å². The first-order valence-corrected chi connectivity index (χ1v) is 7.87. The van der Waals surface area contributed by atoms with Crippen LogP contribution in [0.2, 0.25) is 0 Å². The second-order valence-corrected chi connectivity index (χ2v) is 5.38. The molecule has 3 rings (SSSR count). The molecule has 0 spiro atoms. The third kappa shape index (κ3) is 3.48. The van der Waals surface area contributed by atoms with Crippen molar-refractivity contribution >= 4 is 10.9 Å². The van der Waals surface area contributed by atoms with Gasteiger partial charge < -0.3 is 19.8 Å². The summed E-state index contributed by atoms with van der Waals surface area (Å²) in [5.41, 5.74) is 3.64. The second kappa shape index (κ2) is 7.20. The number of rotatable bonds is 7. The van der Waals surface area contributed by atoms with E-state index in [9.17, 15) is 0 Å². The van der Waals surface area contributed by atoms with Crippen LogP contribution < -0.4 is 14.8 Å². The van der Waals surface area contributed by atoms with Crippen LogP contribution >= 0.6 is 0 Å². The first-order valence-electron chi connectivity index (χ1n) is 7.87. The van der Waals surface area contributed by atoms with Gasteiger partial charge in [0, 0.05) is 30.2 Å². The summed E-state index contributed by atoms with van der Waals surface area (Å²) in [6, 6.07) is 14.5. The molecule has 23 heavy (non-hydrogen) atoms. The maximum absolute atomic E-state index is 5.55. The van der Waals surface area contributed by atoms with Gasteiger partial charge in [0.1, 0.15) is 0 Å². The fourth-order valence-corrected chi connectivity index (χ4v) is 2.74. The fourth-order valence-electron chi connectivity index (χ4n) is 2.74. The molecule has 0 radical (unpaired) electrons. The third-order valence-electron chi connectivity index (χ3n) is 3.86. The lowest BCUT2D eigenvalue weighted by Gasteiger charge is -2.12. The number of ether oxygens (including phenoxy) is 2. The maximum Gasteiger partial charge on any atom is 0.161 e. The van der Waals surface area contributed by atoms with Crippen molar-refractivity contribution in [1.29, 1.82) is 0 Å². The Balaban J connectivity index is 1.65. The zero-order chi connectivity index (χ0) is 16.1. The molecule has 0 aliphatic heterocycles. The van der Waals surface area contributed by atoms with Crippen molar-refractivity contribution in [2.24, 2.45) is 0 Å². The predicted molar refractivity (Wildman–Crippen MR) is 93.0 cm³/mol. The van der Waals surface area contributed by atoms with Crippen LogP contribution in [0.25, 0.3) is 10.9 Å². The first-order chi connectivity index (χ1) is 11.3. The molecule has 4 nitrogen and oxygen atoms in total. The quantitative estimate of drug-likeness (QED) is 0.696. The molecule has 0 fully saturated rings. The minimum absolute atomic E-state index is 0.634. The summed E-state index contributed by atoms with van der Waals surface area (Å²) >= 11 is 0. The Morgan fingerprint density at radius 2 is 1.96 bits per heavy atom. The van der Waals surface area contributed by atoms with Crippen molar-refractivity contribution in [1.82, 2.24) is 10.3 Å². The number of hydrogen-bond acceptors (Lipinski definition) is 3.